The molecule has 0 amide bonds. The van der Waals surface area contributed by atoms with Crippen LogP contribution in [0.15, 0.2) is 42.7 Å². The van der Waals surface area contributed by atoms with Crippen molar-refractivity contribution in [2.45, 2.75) is 33.3 Å². The second-order valence-corrected chi connectivity index (χ2v) is 10.6. The number of anilines is 2. The minimum atomic E-state index is -3.03. The van der Waals surface area contributed by atoms with E-state index in [4.69, 9.17) is 4.74 Å². The number of hydrogen-bond donors (Lipinski definition) is 1. The van der Waals surface area contributed by atoms with E-state index < -0.39 is 9.84 Å². The monoisotopic (exact) mass is 464 g/mol. The molecule has 4 aromatic rings. The number of pyridine rings is 2. The maximum atomic E-state index is 11.8. The van der Waals surface area contributed by atoms with Crippen LogP contribution in [-0.4, -0.2) is 50.6 Å². The van der Waals surface area contributed by atoms with E-state index in [9.17, 15) is 8.42 Å². The van der Waals surface area contributed by atoms with Crippen molar-refractivity contribution < 1.29 is 13.2 Å². The van der Waals surface area contributed by atoms with Crippen LogP contribution in [0.25, 0.3) is 16.6 Å². The van der Waals surface area contributed by atoms with Crippen molar-refractivity contribution in [3.8, 4) is 16.9 Å². The quantitative estimate of drug-likeness (QED) is 0.478. The molecule has 5 rings (SSSR count). The van der Waals surface area contributed by atoms with Crippen molar-refractivity contribution >= 4 is 27.0 Å². The van der Waals surface area contributed by atoms with Crippen molar-refractivity contribution in [3.05, 3.63) is 59.9 Å². The Kier molecular flexibility index (Phi) is 5.24. The Hall–Kier alpha value is -3.53. The van der Waals surface area contributed by atoms with Gasteiger partial charge in [0.05, 0.1) is 23.2 Å². The molecule has 5 heterocycles. The second kappa shape index (κ2) is 8.11. The molecular formula is C23H24N6O3S. The second-order valence-electron chi connectivity index (χ2n) is 8.35. The first kappa shape index (κ1) is 21.3. The van der Waals surface area contributed by atoms with E-state index in [0.29, 0.717) is 29.6 Å². The SMILES string of the molecule is Cc1cc(-c2ccn3nc(Nc4cc(C)nc(C)n4)cc3c2)c(O[C@@H]2CCS(=O)(=O)C2)cn1. The smallest absolute Gasteiger partial charge is 0.154 e. The number of aryl methyl sites for hydroxylation is 3. The average molecular weight is 465 g/mol. The molecule has 33 heavy (non-hydrogen) atoms. The number of hydrogen-bond acceptors (Lipinski definition) is 8. The molecule has 0 bridgehead atoms. The molecule has 0 radical (unpaired) electrons. The highest BCUT2D eigenvalue weighted by atomic mass is 32.2. The third kappa shape index (κ3) is 4.65. The number of nitrogens with one attached hydrogen (secondary N) is 1. The first-order valence-corrected chi connectivity index (χ1v) is 12.5. The van der Waals surface area contributed by atoms with Gasteiger partial charge in [-0.05, 0) is 51.0 Å². The fourth-order valence-electron chi connectivity index (χ4n) is 4.04. The van der Waals surface area contributed by atoms with E-state index in [2.05, 4.69) is 25.4 Å². The first-order valence-electron chi connectivity index (χ1n) is 10.7. The molecule has 170 valence electrons. The molecule has 1 saturated heterocycles. The predicted molar refractivity (Wildman–Crippen MR) is 126 cm³/mol. The van der Waals surface area contributed by atoms with Gasteiger partial charge in [-0.15, -0.1) is 0 Å². The molecule has 0 saturated carbocycles. The fourth-order valence-corrected chi connectivity index (χ4v) is 5.63. The van der Waals surface area contributed by atoms with Gasteiger partial charge in [-0.2, -0.15) is 5.10 Å². The van der Waals surface area contributed by atoms with Crippen molar-refractivity contribution in [3.63, 3.8) is 0 Å². The van der Waals surface area contributed by atoms with E-state index in [0.717, 1.165) is 28.0 Å². The van der Waals surface area contributed by atoms with Gasteiger partial charge in [-0.1, -0.05) is 0 Å². The lowest BCUT2D eigenvalue weighted by molar-refractivity contribution is 0.229. The Morgan fingerprint density at radius 2 is 1.91 bits per heavy atom. The number of ether oxygens (including phenoxy) is 1. The summed E-state index contributed by atoms with van der Waals surface area (Å²) in [5.74, 6) is 2.84. The van der Waals surface area contributed by atoms with Gasteiger partial charge < -0.3 is 10.1 Å². The van der Waals surface area contributed by atoms with Crippen LogP contribution >= 0.6 is 0 Å². The minimum Gasteiger partial charge on any atom is -0.487 e. The van der Waals surface area contributed by atoms with Gasteiger partial charge in [0.1, 0.15) is 23.5 Å². The summed E-state index contributed by atoms with van der Waals surface area (Å²) in [6.45, 7) is 5.69. The standard InChI is InChI=1S/C23H24N6O3S/c1-14-8-20(21(12-24-14)32-19-5-7-33(30,31)13-19)17-4-6-29-18(10-17)11-23(28-29)27-22-9-15(2)25-16(3)26-22/h4,6,8-12,19H,5,7,13H2,1-3H3,(H,25,26,27,28)/t19-/m1/s1. The minimum absolute atomic E-state index is 0.0407. The summed E-state index contributed by atoms with van der Waals surface area (Å²) in [6, 6.07) is 9.73. The number of rotatable bonds is 5. The Bertz CT molecular complexity index is 1440. The lowest BCUT2D eigenvalue weighted by Crippen LogP contribution is -2.18. The molecule has 0 spiro atoms. The van der Waals surface area contributed by atoms with Gasteiger partial charge in [-0.3, -0.25) is 4.98 Å². The molecule has 1 aliphatic heterocycles. The summed E-state index contributed by atoms with van der Waals surface area (Å²) < 4.78 is 31.5. The summed E-state index contributed by atoms with van der Waals surface area (Å²) in [7, 11) is -3.03. The Labute approximate surface area is 191 Å². The van der Waals surface area contributed by atoms with Gasteiger partial charge in [0.2, 0.25) is 0 Å². The van der Waals surface area contributed by atoms with Crippen LogP contribution in [0.2, 0.25) is 0 Å². The maximum Gasteiger partial charge on any atom is 0.154 e. The summed E-state index contributed by atoms with van der Waals surface area (Å²) in [4.78, 5) is 13.1. The van der Waals surface area contributed by atoms with Crippen LogP contribution in [0.1, 0.15) is 23.6 Å². The van der Waals surface area contributed by atoms with E-state index in [1.807, 2.05) is 57.3 Å². The zero-order valence-electron chi connectivity index (χ0n) is 18.6. The third-order valence-electron chi connectivity index (χ3n) is 5.48. The van der Waals surface area contributed by atoms with Gasteiger partial charge in [-0.25, -0.2) is 22.9 Å². The van der Waals surface area contributed by atoms with Gasteiger partial charge in [0.15, 0.2) is 15.7 Å². The lowest BCUT2D eigenvalue weighted by atomic mass is 10.1. The van der Waals surface area contributed by atoms with Gasteiger partial charge in [0.25, 0.3) is 0 Å². The number of aromatic nitrogens is 5. The van der Waals surface area contributed by atoms with E-state index in [1.165, 1.54) is 0 Å². The molecule has 0 aromatic carbocycles. The van der Waals surface area contributed by atoms with Crippen LogP contribution in [0.4, 0.5) is 11.6 Å². The number of fused-ring (bicyclic) bond motifs is 1. The molecule has 1 N–H and O–H groups in total. The Morgan fingerprint density at radius 1 is 1.06 bits per heavy atom. The van der Waals surface area contributed by atoms with Crippen LogP contribution in [0, 0.1) is 20.8 Å². The molecule has 1 atom stereocenters. The molecule has 0 aliphatic carbocycles. The van der Waals surface area contributed by atoms with Crippen LogP contribution in [0.5, 0.6) is 5.75 Å². The fraction of sp³-hybridized carbons (Fsp3) is 0.304. The molecule has 1 aliphatic rings. The maximum absolute atomic E-state index is 11.8. The van der Waals surface area contributed by atoms with Crippen molar-refractivity contribution in [2.24, 2.45) is 0 Å². The van der Waals surface area contributed by atoms with Crippen LogP contribution < -0.4 is 10.1 Å². The first-order chi connectivity index (χ1) is 15.7. The zero-order valence-corrected chi connectivity index (χ0v) is 19.4. The summed E-state index contributed by atoms with van der Waals surface area (Å²) in [5, 5.41) is 7.81. The largest absolute Gasteiger partial charge is 0.487 e. The highest BCUT2D eigenvalue weighted by Crippen LogP contribution is 2.33. The molecule has 4 aromatic heterocycles. The van der Waals surface area contributed by atoms with Crippen molar-refractivity contribution in [2.75, 3.05) is 16.8 Å². The molecular weight excluding hydrogens is 440 g/mol. The zero-order chi connectivity index (χ0) is 23.2. The molecule has 1 fully saturated rings. The predicted octanol–water partition coefficient (Wildman–Crippen LogP) is 3.42. The average Bonchev–Trinajstić information content (AvgIpc) is 3.29. The van der Waals surface area contributed by atoms with Crippen LogP contribution in [0.3, 0.4) is 0 Å². The Morgan fingerprint density at radius 3 is 2.67 bits per heavy atom. The van der Waals surface area contributed by atoms with E-state index in [-0.39, 0.29) is 17.6 Å². The molecule has 9 nitrogen and oxygen atoms in total. The van der Waals surface area contributed by atoms with Crippen molar-refractivity contribution in [1.29, 1.82) is 0 Å². The number of nitrogens with zero attached hydrogens (tertiary/aromatic N) is 5. The summed E-state index contributed by atoms with van der Waals surface area (Å²) >= 11 is 0. The topological polar surface area (TPSA) is 111 Å². The van der Waals surface area contributed by atoms with Gasteiger partial charge in [0, 0.05) is 35.3 Å². The van der Waals surface area contributed by atoms with E-state index >= 15 is 0 Å². The van der Waals surface area contributed by atoms with Crippen LogP contribution in [-0.2, 0) is 9.84 Å². The van der Waals surface area contributed by atoms with Crippen molar-refractivity contribution in [1.82, 2.24) is 24.6 Å². The van der Waals surface area contributed by atoms with Gasteiger partial charge >= 0.3 is 0 Å². The summed E-state index contributed by atoms with van der Waals surface area (Å²) in [5.41, 5.74) is 4.42. The Balaban J connectivity index is 1.46. The summed E-state index contributed by atoms with van der Waals surface area (Å²) in [6.07, 6.45) is 3.69. The molecule has 0 unspecified atom stereocenters. The highest BCUT2D eigenvalue weighted by Gasteiger charge is 2.30. The number of sulfone groups is 1. The highest BCUT2D eigenvalue weighted by molar-refractivity contribution is 7.91. The lowest BCUT2D eigenvalue weighted by Gasteiger charge is -2.16. The van der Waals surface area contributed by atoms with E-state index in [1.54, 1.807) is 10.7 Å². The normalized spacial score (nSPS) is 17.4. The third-order valence-corrected chi connectivity index (χ3v) is 7.22. The molecule has 10 heteroatoms.